The van der Waals surface area contributed by atoms with Gasteiger partial charge >= 0.3 is 12.1 Å². The molecule has 0 bridgehead atoms. The van der Waals surface area contributed by atoms with Gasteiger partial charge in [-0.25, -0.2) is 9.59 Å². The fourth-order valence-electron chi connectivity index (χ4n) is 1.46. The molecule has 2 N–H and O–H groups in total. The van der Waals surface area contributed by atoms with Gasteiger partial charge in [-0.05, 0) is 33.6 Å². The van der Waals surface area contributed by atoms with Crippen molar-refractivity contribution in [2.75, 3.05) is 0 Å². The van der Waals surface area contributed by atoms with E-state index in [1.54, 1.807) is 20.8 Å². The van der Waals surface area contributed by atoms with Gasteiger partial charge in [0.25, 0.3) is 0 Å². The molecule has 0 heterocycles. The van der Waals surface area contributed by atoms with Crippen molar-refractivity contribution in [3.63, 3.8) is 0 Å². The van der Waals surface area contributed by atoms with Crippen LogP contribution in [0.4, 0.5) is 4.79 Å². The number of hydrogen-bond donors (Lipinski definition) is 2. The zero-order valence-electron chi connectivity index (χ0n) is 11.9. The summed E-state index contributed by atoms with van der Waals surface area (Å²) >= 11 is 0. The molecule has 0 unspecified atom stereocenters. The maximum absolute atomic E-state index is 11.5. The van der Waals surface area contributed by atoms with Crippen molar-refractivity contribution in [3.05, 3.63) is 0 Å². The van der Waals surface area contributed by atoms with Crippen LogP contribution in [0.1, 0.15) is 52.9 Å². The number of hydrogen-bond acceptors (Lipinski definition) is 3. The fourth-order valence-corrected chi connectivity index (χ4v) is 1.46. The third kappa shape index (κ3) is 9.95. The summed E-state index contributed by atoms with van der Waals surface area (Å²) < 4.78 is 5.02. The topological polar surface area (TPSA) is 75.6 Å². The predicted octanol–water partition coefficient (Wildman–Crippen LogP) is 2.55. The number of ether oxygens (including phenoxy) is 1. The van der Waals surface area contributed by atoms with E-state index in [0.29, 0.717) is 19.3 Å². The van der Waals surface area contributed by atoms with E-state index in [1.807, 2.05) is 0 Å². The summed E-state index contributed by atoms with van der Waals surface area (Å²) in [5.41, 5.74) is -0.639. The maximum Gasteiger partial charge on any atom is 0.408 e. The molecule has 108 valence electrons. The lowest BCUT2D eigenvalue weighted by atomic mass is 10.1. The molecule has 0 aliphatic carbocycles. The Morgan fingerprint density at radius 3 is 2.42 bits per heavy atom. The van der Waals surface area contributed by atoms with E-state index in [9.17, 15) is 9.59 Å². The molecular formula is C14H23NO4. The zero-order chi connectivity index (χ0) is 14.9. The van der Waals surface area contributed by atoms with Gasteiger partial charge in [0.2, 0.25) is 0 Å². The molecule has 0 rings (SSSR count). The Bertz CT molecular complexity index is 338. The number of carboxylic acids is 1. The number of rotatable bonds is 7. The SMILES string of the molecule is C#CCCCCC[C@H](NC(=O)OC(C)(C)C)C(=O)O. The average Bonchev–Trinajstić information content (AvgIpc) is 2.24. The number of amides is 1. The highest BCUT2D eigenvalue weighted by Gasteiger charge is 2.23. The van der Waals surface area contributed by atoms with Crippen molar-refractivity contribution in [1.82, 2.24) is 5.32 Å². The summed E-state index contributed by atoms with van der Waals surface area (Å²) in [6, 6.07) is -0.916. The first kappa shape index (κ1) is 17.3. The lowest BCUT2D eigenvalue weighted by molar-refractivity contribution is -0.139. The highest BCUT2D eigenvalue weighted by atomic mass is 16.6. The van der Waals surface area contributed by atoms with Crippen LogP contribution in [0.25, 0.3) is 0 Å². The van der Waals surface area contributed by atoms with E-state index in [0.717, 1.165) is 12.8 Å². The number of terminal acetylenes is 1. The Morgan fingerprint density at radius 1 is 1.32 bits per heavy atom. The summed E-state index contributed by atoms with van der Waals surface area (Å²) in [6.45, 7) is 5.17. The molecule has 0 aromatic carbocycles. The molecular weight excluding hydrogens is 246 g/mol. The van der Waals surface area contributed by atoms with Crippen LogP contribution in [-0.4, -0.2) is 28.8 Å². The number of unbranched alkanes of at least 4 members (excludes halogenated alkanes) is 3. The van der Waals surface area contributed by atoms with Crippen LogP contribution in [-0.2, 0) is 9.53 Å². The number of carbonyl (C=O) groups is 2. The van der Waals surface area contributed by atoms with E-state index in [2.05, 4.69) is 11.2 Å². The standard InChI is InChI=1S/C14H23NO4/c1-5-6-7-8-9-10-11(12(16)17)15-13(18)19-14(2,3)4/h1,11H,6-10H2,2-4H3,(H,15,18)(H,16,17)/t11-/m0/s1. The minimum Gasteiger partial charge on any atom is -0.480 e. The molecule has 5 nitrogen and oxygen atoms in total. The fraction of sp³-hybridized carbons (Fsp3) is 0.714. The molecule has 5 heteroatoms. The summed E-state index contributed by atoms with van der Waals surface area (Å²) in [5.74, 6) is 1.48. The van der Waals surface area contributed by atoms with E-state index < -0.39 is 23.7 Å². The van der Waals surface area contributed by atoms with Crippen LogP contribution in [0.5, 0.6) is 0 Å². The number of aliphatic carboxylic acids is 1. The first-order valence-corrected chi connectivity index (χ1v) is 6.42. The third-order valence-corrected chi connectivity index (χ3v) is 2.30. The molecule has 0 aromatic heterocycles. The van der Waals surface area contributed by atoms with Gasteiger partial charge in [0, 0.05) is 6.42 Å². The molecule has 0 aliphatic rings. The first-order chi connectivity index (χ1) is 8.76. The van der Waals surface area contributed by atoms with Gasteiger partial charge in [0.1, 0.15) is 11.6 Å². The minimum atomic E-state index is -1.05. The molecule has 0 radical (unpaired) electrons. The molecule has 19 heavy (non-hydrogen) atoms. The van der Waals surface area contributed by atoms with E-state index in [4.69, 9.17) is 16.3 Å². The second kappa shape index (κ2) is 8.41. The van der Waals surface area contributed by atoms with Crippen LogP contribution in [0.15, 0.2) is 0 Å². The number of alkyl carbamates (subject to hydrolysis) is 1. The van der Waals surface area contributed by atoms with Gasteiger partial charge in [0.05, 0.1) is 0 Å². The quantitative estimate of drug-likeness (QED) is 0.550. The van der Waals surface area contributed by atoms with Crippen LogP contribution in [0.2, 0.25) is 0 Å². The second-order valence-electron chi connectivity index (χ2n) is 5.34. The Balaban J connectivity index is 4.10. The van der Waals surface area contributed by atoms with Crippen molar-refractivity contribution in [2.24, 2.45) is 0 Å². The average molecular weight is 269 g/mol. The Morgan fingerprint density at radius 2 is 1.95 bits per heavy atom. The van der Waals surface area contributed by atoms with Gasteiger partial charge < -0.3 is 15.2 Å². The summed E-state index contributed by atoms with van der Waals surface area (Å²) in [6.07, 6.45) is 7.91. The Kier molecular flexibility index (Phi) is 7.66. The largest absolute Gasteiger partial charge is 0.480 e. The zero-order valence-corrected chi connectivity index (χ0v) is 11.9. The van der Waals surface area contributed by atoms with Crippen LogP contribution < -0.4 is 5.32 Å². The molecule has 0 spiro atoms. The van der Waals surface area contributed by atoms with E-state index in [-0.39, 0.29) is 0 Å². The van der Waals surface area contributed by atoms with Gasteiger partial charge in [0.15, 0.2) is 0 Å². The predicted molar refractivity (Wildman–Crippen MR) is 72.7 cm³/mol. The highest BCUT2D eigenvalue weighted by Crippen LogP contribution is 2.09. The maximum atomic E-state index is 11.5. The first-order valence-electron chi connectivity index (χ1n) is 6.42. The van der Waals surface area contributed by atoms with Crippen molar-refractivity contribution in [3.8, 4) is 12.3 Å². The summed E-state index contributed by atoms with van der Waals surface area (Å²) in [4.78, 5) is 22.5. The van der Waals surface area contributed by atoms with Gasteiger partial charge in [-0.3, -0.25) is 0 Å². The van der Waals surface area contributed by atoms with Crippen LogP contribution in [0, 0.1) is 12.3 Å². The molecule has 1 atom stereocenters. The summed E-state index contributed by atoms with van der Waals surface area (Å²) in [5, 5.41) is 11.4. The van der Waals surface area contributed by atoms with Crippen molar-refractivity contribution < 1.29 is 19.4 Å². The molecule has 0 aromatic rings. The lowest BCUT2D eigenvalue weighted by Crippen LogP contribution is -2.43. The van der Waals surface area contributed by atoms with Crippen molar-refractivity contribution in [2.45, 2.75) is 64.5 Å². The second-order valence-corrected chi connectivity index (χ2v) is 5.34. The van der Waals surface area contributed by atoms with Crippen LogP contribution >= 0.6 is 0 Å². The van der Waals surface area contributed by atoms with Crippen LogP contribution in [0.3, 0.4) is 0 Å². The monoisotopic (exact) mass is 269 g/mol. The van der Waals surface area contributed by atoms with Gasteiger partial charge in [-0.15, -0.1) is 12.3 Å². The van der Waals surface area contributed by atoms with Crippen molar-refractivity contribution >= 4 is 12.1 Å². The smallest absolute Gasteiger partial charge is 0.408 e. The molecule has 0 fully saturated rings. The van der Waals surface area contributed by atoms with E-state index >= 15 is 0 Å². The Hall–Kier alpha value is -1.70. The molecule has 0 saturated heterocycles. The lowest BCUT2D eigenvalue weighted by Gasteiger charge is -2.22. The summed E-state index contributed by atoms with van der Waals surface area (Å²) in [7, 11) is 0. The number of carbonyl (C=O) groups excluding carboxylic acids is 1. The minimum absolute atomic E-state index is 0.374. The van der Waals surface area contributed by atoms with Crippen molar-refractivity contribution in [1.29, 1.82) is 0 Å². The highest BCUT2D eigenvalue weighted by molar-refractivity contribution is 5.79. The van der Waals surface area contributed by atoms with Gasteiger partial charge in [-0.2, -0.15) is 0 Å². The molecule has 0 saturated carbocycles. The van der Waals surface area contributed by atoms with E-state index in [1.165, 1.54) is 0 Å². The van der Waals surface area contributed by atoms with Gasteiger partial charge in [-0.1, -0.05) is 12.8 Å². The normalized spacial score (nSPS) is 12.3. The third-order valence-electron chi connectivity index (χ3n) is 2.30. The molecule has 1 amide bonds. The Labute approximate surface area is 114 Å². The molecule has 0 aliphatic heterocycles. The number of carboxylic acid groups (broad SMARTS) is 1. The number of nitrogens with one attached hydrogen (secondary N) is 1.